The molecule has 138 valence electrons. The highest BCUT2D eigenvalue weighted by Crippen LogP contribution is 2.36. The van der Waals surface area contributed by atoms with E-state index in [1.807, 2.05) is 0 Å². The first-order chi connectivity index (χ1) is 12.3. The third-order valence-corrected chi connectivity index (χ3v) is 4.73. The van der Waals surface area contributed by atoms with Crippen molar-refractivity contribution in [3.8, 4) is 6.07 Å². The van der Waals surface area contributed by atoms with Crippen LogP contribution in [0.2, 0.25) is 0 Å². The molecule has 10 heteroatoms. The van der Waals surface area contributed by atoms with Crippen LogP contribution in [0.4, 0.5) is 8.78 Å². The van der Waals surface area contributed by atoms with Crippen molar-refractivity contribution in [2.45, 2.75) is 26.3 Å². The molecule has 0 aliphatic rings. The van der Waals surface area contributed by atoms with Crippen LogP contribution < -0.4 is 0 Å². The maximum absolute atomic E-state index is 13.5. The Hall–Kier alpha value is -2.80. The molecule has 0 saturated carbocycles. The first-order valence-corrected chi connectivity index (χ1v) is 8.55. The van der Waals surface area contributed by atoms with Gasteiger partial charge in [-0.05, 0) is 13.8 Å². The number of nitrogens with zero attached hydrogens (tertiary/aromatic N) is 5. The number of hydrogen-bond donors (Lipinski definition) is 1. The van der Waals surface area contributed by atoms with Crippen LogP contribution in [0.1, 0.15) is 42.6 Å². The molecule has 26 heavy (non-hydrogen) atoms. The third kappa shape index (κ3) is 3.72. The Morgan fingerprint density at radius 1 is 1.54 bits per heavy atom. The number of aromatic nitrogens is 3. The lowest BCUT2D eigenvalue weighted by molar-refractivity contribution is -0.132. The maximum atomic E-state index is 13.5. The fraction of sp³-hybridized carbons (Fsp3) is 0.375. The lowest BCUT2D eigenvalue weighted by atomic mass is 10.0. The first-order valence-electron chi connectivity index (χ1n) is 7.67. The van der Waals surface area contributed by atoms with Gasteiger partial charge in [0.05, 0.1) is 11.7 Å². The number of carboxylic acid groups (broad SMARTS) is 1. The van der Waals surface area contributed by atoms with Gasteiger partial charge in [0.2, 0.25) is 0 Å². The van der Waals surface area contributed by atoms with Crippen LogP contribution >= 0.6 is 11.3 Å². The van der Waals surface area contributed by atoms with Crippen molar-refractivity contribution in [2.24, 2.45) is 7.05 Å². The molecule has 0 bridgehead atoms. The van der Waals surface area contributed by atoms with Crippen LogP contribution in [0.3, 0.4) is 0 Å². The number of halogens is 2. The zero-order valence-corrected chi connectivity index (χ0v) is 15.2. The molecule has 2 rings (SSSR count). The fourth-order valence-corrected chi connectivity index (χ4v) is 3.39. The summed E-state index contributed by atoms with van der Waals surface area (Å²) in [7, 11) is 1.46. The molecular weight excluding hydrogens is 364 g/mol. The van der Waals surface area contributed by atoms with E-state index in [2.05, 4.69) is 10.1 Å². The molecule has 1 atom stereocenters. The van der Waals surface area contributed by atoms with Crippen LogP contribution in [0, 0.1) is 11.3 Å². The molecular formula is C16H17F2N5O2S. The summed E-state index contributed by atoms with van der Waals surface area (Å²) in [6, 6.07) is 1.22. The van der Waals surface area contributed by atoms with Crippen LogP contribution in [-0.2, 0) is 11.8 Å². The number of carboxylic acids is 1. The Morgan fingerprint density at radius 3 is 2.69 bits per heavy atom. The van der Waals surface area contributed by atoms with Gasteiger partial charge >= 0.3 is 5.97 Å². The van der Waals surface area contributed by atoms with Gasteiger partial charge in [0, 0.05) is 36.9 Å². The first kappa shape index (κ1) is 19.5. The highest BCUT2D eigenvalue weighted by Gasteiger charge is 2.31. The molecule has 1 N–H and O–H groups in total. The molecule has 1 unspecified atom stereocenters. The fourth-order valence-electron chi connectivity index (χ4n) is 2.68. The third-order valence-electron chi connectivity index (χ3n) is 3.79. The number of aryl methyl sites for hydroxylation is 1. The molecule has 0 aliphatic carbocycles. The second-order valence-corrected chi connectivity index (χ2v) is 6.30. The van der Waals surface area contributed by atoms with Gasteiger partial charge in [-0.2, -0.15) is 10.4 Å². The predicted molar refractivity (Wildman–Crippen MR) is 91.2 cm³/mol. The second-order valence-electron chi connectivity index (χ2n) is 5.38. The largest absolute Gasteiger partial charge is 0.477 e. The van der Waals surface area contributed by atoms with E-state index in [-0.39, 0.29) is 17.8 Å². The van der Waals surface area contributed by atoms with Gasteiger partial charge in [0.25, 0.3) is 6.43 Å². The van der Waals surface area contributed by atoms with Crippen molar-refractivity contribution in [2.75, 3.05) is 6.54 Å². The Balaban J connectivity index is 2.74. The monoisotopic (exact) mass is 381 g/mol. The van der Waals surface area contributed by atoms with Crippen molar-refractivity contribution in [1.29, 1.82) is 5.26 Å². The average Bonchev–Trinajstić information content (AvgIpc) is 3.23. The molecule has 0 aromatic carbocycles. The number of thiazole rings is 1. The topological polar surface area (TPSA) is 95.0 Å². The molecule has 0 aliphatic heterocycles. The van der Waals surface area contributed by atoms with Gasteiger partial charge in [0.15, 0.2) is 5.57 Å². The van der Waals surface area contributed by atoms with Crippen LogP contribution in [0.25, 0.3) is 5.70 Å². The molecule has 0 spiro atoms. The Kier molecular flexibility index (Phi) is 6.05. The zero-order valence-electron chi connectivity index (χ0n) is 14.3. The molecule has 2 heterocycles. The van der Waals surface area contributed by atoms with E-state index in [4.69, 9.17) is 0 Å². The molecule has 2 aromatic rings. The number of alkyl halides is 2. The molecule has 0 amide bonds. The highest BCUT2D eigenvalue weighted by molar-refractivity contribution is 7.09. The zero-order chi connectivity index (χ0) is 19.4. The Bertz CT molecular complexity index is 855. The summed E-state index contributed by atoms with van der Waals surface area (Å²) in [5.74, 6) is -1.49. The summed E-state index contributed by atoms with van der Waals surface area (Å²) in [5.41, 5.74) is -1.35. The number of rotatable bonds is 7. The summed E-state index contributed by atoms with van der Waals surface area (Å²) < 4.78 is 28.1. The average molecular weight is 381 g/mol. The summed E-state index contributed by atoms with van der Waals surface area (Å²) >= 11 is 1.36. The maximum Gasteiger partial charge on any atom is 0.348 e. The van der Waals surface area contributed by atoms with Crippen molar-refractivity contribution in [3.63, 3.8) is 0 Å². The predicted octanol–water partition coefficient (Wildman–Crippen LogP) is 3.22. The molecule has 2 aromatic heterocycles. The molecule has 0 saturated heterocycles. The van der Waals surface area contributed by atoms with E-state index in [0.29, 0.717) is 5.01 Å². The normalized spacial score (nSPS) is 13.3. The minimum absolute atomic E-state index is 0.0771. The van der Waals surface area contributed by atoms with Crippen LogP contribution in [0.15, 0.2) is 23.3 Å². The van der Waals surface area contributed by atoms with Gasteiger partial charge in [0.1, 0.15) is 16.8 Å². The second kappa shape index (κ2) is 8.05. The molecule has 0 radical (unpaired) electrons. The number of nitriles is 1. The van der Waals surface area contributed by atoms with Crippen molar-refractivity contribution >= 4 is 23.0 Å². The van der Waals surface area contributed by atoms with Crippen molar-refractivity contribution in [3.05, 3.63) is 39.6 Å². The quantitative estimate of drug-likeness (QED) is 0.584. The SMILES string of the molecule is CCN(C(=C(C#N)C(=O)O)c1cn(C)nc1C(F)F)C(C)c1nccs1. The van der Waals surface area contributed by atoms with E-state index >= 15 is 0 Å². The Morgan fingerprint density at radius 2 is 2.23 bits per heavy atom. The van der Waals surface area contributed by atoms with Gasteiger partial charge in [-0.3, -0.25) is 4.68 Å². The van der Waals surface area contributed by atoms with E-state index in [1.165, 1.54) is 29.3 Å². The van der Waals surface area contributed by atoms with E-state index in [9.17, 15) is 23.9 Å². The lowest BCUT2D eigenvalue weighted by Gasteiger charge is -2.31. The number of aliphatic carboxylic acids is 1. The lowest BCUT2D eigenvalue weighted by Crippen LogP contribution is -2.28. The summed E-state index contributed by atoms with van der Waals surface area (Å²) in [5, 5.41) is 25.0. The minimum Gasteiger partial charge on any atom is -0.477 e. The highest BCUT2D eigenvalue weighted by atomic mass is 32.1. The number of hydrogen-bond acceptors (Lipinski definition) is 6. The van der Waals surface area contributed by atoms with Gasteiger partial charge in [-0.1, -0.05) is 0 Å². The van der Waals surface area contributed by atoms with Crippen LogP contribution in [-0.4, -0.2) is 37.3 Å². The summed E-state index contributed by atoms with van der Waals surface area (Å²) in [4.78, 5) is 17.4. The molecule has 0 fully saturated rings. The van der Waals surface area contributed by atoms with E-state index in [0.717, 1.165) is 0 Å². The van der Waals surface area contributed by atoms with E-state index < -0.39 is 29.7 Å². The van der Waals surface area contributed by atoms with Gasteiger partial charge in [-0.15, -0.1) is 11.3 Å². The molecule has 7 nitrogen and oxygen atoms in total. The van der Waals surface area contributed by atoms with Crippen molar-refractivity contribution in [1.82, 2.24) is 19.7 Å². The summed E-state index contributed by atoms with van der Waals surface area (Å²) in [6.07, 6.45) is -0.0112. The standard InChI is InChI=1S/C16H17F2N5O2S/c1-4-23(9(2)15-20-5-6-26-15)13(10(7-19)16(24)25)11-8-22(3)21-12(11)14(17)18/h5-6,8-9,14H,4H2,1-3H3,(H,24,25). The smallest absolute Gasteiger partial charge is 0.348 e. The van der Waals surface area contributed by atoms with E-state index in [1.54, 1.807) is 36.4 Å². The van der Waals surface area contributed by atoms with Gasteiger partial charge < -0.3 is 10.0 Å². The Labute approximate surface area is 152 Å². The van der Waals surface area contributed by atoms with Crippen LogP contribution in [0.5, 0.6) is 0 Å². The number of carbonyl (C=O) groups is 1. The minimum atomic E-state index is -2.91. The van der Waals surface area contributed by atoms with Gasteiger partial charge in [-0.25, -0.2) is 18.6 Å². The summed E-state index contributed by atoms with van der Waals surface area (Å²) in [6.45, 7) is 3.81. The van der Waals surface area contributed by atoms with Crippen molar-refractivity contribution < 1.29 is 18.7 Å².